The minimum absolute atomic E-state index is 0.322. The maximum Gasteiger partial charge on any atom is 0.236 e. The fraction of sp³-hybridized carbons (Fsp3) is 0.0714. The Kier molecular flexibility index (Phi) is 2.31. The van der Waals surface area contributed by atoms with Crippen molar-refractivity contribution >= 4 is 23.2 Å². The van der Waals surface area contributed by atoms with E-state index in [-0.39, 0.29) is 0 Å². The van der Waals surface area contributed by atoms with Gasteiger partial charge in [-0.3, -0.25) is 9.59 Å². The predicted molar refractivity (Wildman–Crippen MR) is 68.1 cm³/mol. The van der Waals surface area contributed by atoms with Crippen molar-refractivity contribution in [2.24, 2.45) is 0 Å². The molecule has 1 heterocycles. The number of carbonyl (C=O) groups excluding carboxylic acids is 2. The molecule has 2 aromatic rings. The Labute approximate surface area is 108 Å². The van der Waals surface area contributed by atoms with E-state index in [0.717, 1.165) is 0 Å². The number of carbonyl (C=O) groups is 2. The van der Waals surface area contributed by atoms with Crippen LogP contribution in [0.5, 0.6) is 0 Å². The van der Waals surface area contributed by atoms with Crippen LogP contribution in [0.15, 0.2) is 30.3 Å². The topological polar surface area (TPSA) is 47.0 Å². The summed E-state index contributed by atoms with van der Waals surface area (Å²) in [5, 5.41) is 0.322. The number of pyridine rings is 1. The van der Waals surface area contributed by atoms with Crippen molar-refractivity contribution in [3.05, 3.63) is 52.2 Å². The Balaban J connectivity index is 2.45. The van der Waals surface area contributed by atoms with E-state index in [1.165, 1.54) is 0 Å². The van der Waals surface area contributed by atoms with Crippen LogP contribution >= 0.6 is 11.6 Å². The monoisotopic (exact) mass is 257 g/mol. The van der Waals surface area contributed by atoms with Crippen LogP contribution in [0.2, 0.25) is 5.15 Å². The summed E-state index contributed by atoms with van der Waals surface area (Å²) in [6, 6.07) is 8.55. The molecular formula is C14H8ClNO2. The first-order chi connectivity index (χ1) is 8.59. The van der Waals surface area contributed by atoms with Crippen molar-refractivity contribution < 1.29 is 9.59 Å². The molecule has 88 valence electrons. The van der Waals surface area contributed by atoms with Crippen molar-refractivity contribution in [1.82, 2.24) is 4.98 Å². The molecule has 0 fully saturated rings. The third kappa shape index (κ3) is 1.41. The highest BCUT2D eigenvalue weighted by atomic mass is 35.5. The summed E-state index contributed by atoms with van der Waals surface area (Å²) in [6.45, 7) is 1.76. The van der Waals surface area contributed by atoms with Gasteiger partial charge in [0.2, 0.25) is 11.6 Å². The second kappa shape index (κ2) is 3.75. The highest BCUT2D eigenvalue weighted by molar-refractivity contribution is 6.53. The molecule has 1 aromatic carbocycles. The van der Waals surface area contributed by atoms with E-state index < -0.39 is 11.6 Å². The first kappa shape index (κ1) is 11.1. The van der Waals surface area contributed by atoms with Crippen molar-refractivity contribution in [2.75, 3.05) is 0 Å². The molecular weight excluding hydrogens is 250 g/mol. The van der Waals surface area contributed by atoms with Crippen molar-refractivity contribution in [3.63, 3.8) is 0 Å². The zero-order valence-electron chi connectivity index (χ0n) is 9.53. The number of Topliss-reactive ketones (excluding diaryl/α,β-unsaturated/α-hetero) is 2. The fourth-order valence-electron chi connectivity index (χ4n) is 2.24. The number of hydrogen-bond donors (Lipinski definition) is 0. The molecule has 0 spiro atoms. The van der Waals surface area contributed by atoms with Gasteiger partial charge in [-0.25, -0.2) is 4.98 Å². The fourth-order valence-corrected chi connectivity index (χ4v) is 2.49. The lowest BCUT2D eigenvalue weighted by Crippen LogP contribution is -2.23. The second-order valence-corrected chi connectivity index (χ2v) is 4.58. The Morgan fingerprint density at radius 1 is 1.06 bits per heavy atom. The SMILES string of the molecule is Cc1cc(Cl)nc2c1C(=O)C(=O)c1ccccc1-2. The highest BCUT2D eigenvalue weighted by Crippen LogP contribution is 2.34. The van der Waals surface area contributed by atoms with E-state index in [0.29, 0.717) is 33.1 Å². The number of ketones is 2. The molecule has 0 atom stereocenters. The number of benzene rings is 1. The maximum absolute atomic E-state index is 12.1. The van der Waals surface area contributed by atoms with Crippen LogP contribution in [-0.2, 0) is 0 Å². The Hall–Kier alpha value is -2.00. The maximum atomic E-state index is 12.1. The summed E-state index contributed by atoms with van der Waals surface area (Å²) in [5.41, 5.74) is 2.60. The summed E-state index contributed by atoms with van der Waals surface area (Å²) in [4.78, 5) is 28.3. The summed E-state index contributed by atoms with van der Waals surface area (Å²) < 4.78 is 0. The van der Waals surface area contributed by atoms with E-state index >= 15 is 0 Å². The van der Waals surface area contributed by atoms with Gasteiger partial charge in [0.1, 0.15) is 5.15 Å². The normalized spacial score (nSPS) is 13.2. The third-order valence-corrected chi connectivity index (χ3v) is 3.24. The number of nitrogens with zero attached hydrogens (tertiary/aromatic N) is 1. The minimum Gasteiger partial charge on any atom is -0.285 e. The Bertz CT molecular complexity index is 707. The first-order valence-electron chi connectivity index (χ1n) is 5.45. The average molecular weight is 258 g/mol. The summed E-state index contributed by atoms with van der Waals surface area (Å²) in [7, 11) is 0. The van der Waals surface area contributed by atoms with Crippen LogP contribution in [0, 0.1) is 6.92 Å². The number of fused-ring (bicyclic) bond motifs is 3. The molecule has 0 amide bonds. The van der Waals surface area contributed by atoms with Crippen LogP contribution in [0.1, 0.15) is 26.3 Å². The van der Waals surface area contributed by atoms with Gasteiger partial charge in [0.05, 0.1) is 11.3 Å². The molecule has 18 heavy (non-hydrogen) atoms. The van der Waals surface area contributed by atoms with Gasteiger partial charge in [0.15, 0.2) is 0 Å². The smallest absolute Gasteiger partial charge is 0.236 e. The van der Waals surface area contributed by atoms with Crippen LogP contribution in [0.4, 0.5) is 0 Å². The highest BCUT2D eigenvalue weighted by Gasteiger charge is 2.32. The quantitative estimate of drug-likeness (QED) is 0.538. The van der Waals surface area contributed by atoms with Gasteiger partial charge < -0.3 is 0 Å². The van der Waals surface area contributed by atoms with Gasteiger partial charge >= 0.3 is 0 Å². The molecule has 3 nitrogen and oxygen atoms in total. The first-order valence-corrected chi connectivity index (χ1v) is 5.83. The molecule has 0 radical (unpaired) electrons. The lowest BCUT2D eigenvalue weighted by Gasteiger charge is -2.18. The second-order valence-electron chi connectivity index (χ2n) is 4.19. The van der Waals surface area contributed by atoms with Crippen LogP contribution in [0.3, 0.4) is 0 Å². The molecule has 0 bridgehead atoms. The van der Waals surface area contributed by atoms with Crippen molar-refractivity contribution in [2.45, 2.75) is 6.92 Å². The Morgan fingerprint density at radius 2 is 1.72 bits per heavy atom. The summed E-state index contributed by atoms with van der Waals surface area (Å²) >= 11 is 5.93. The van der Waals surface area contributed by atoms with Crippen LogP contribution in [-0.4, -0.2) is 16.6 Å². The van der Waals surface area contributed by atoms with Gasteiger partial charge in [0, 0.05) is 11.1 Å². The van der Waals surface area contributed by atoms with Gasteiger partial charge in [-0.05, 0) is 18.6 Å². The van der Waals surface area contributed by atoms with Gasteiger partial charge in [-0.15, -0.1) is 0 Å². The summed E-state index contributed by atoms with van der Waals surface area (Å²) in [5.74, 6) is -0.990. The molecule has 1 aliphatic carbocycles. The standard InChI is InChI=1S/C14H8ClNO2/c1-7-6-10(15)16-12-8-4-2-3-5-9(8)13(17)14(18)11(7)12/h2-6H,1H3. The number of aryl methyl sites for hydroxylation is 1. The van der Waals surface area contributed by atoms with E-state index in [9.17, 15) is 9.59 Å². The van der Waals surface area contributed by atoms with E-state index in [4.69, 9.17) is 11.6 Å². The molecule has 0 saturated heterocycles. The molecule has 1 aromatic heterocycles. The molecule has 0 N–H and O–H groups in total. The molecule has 4 heteroatoms. The van der Waals surface area contributed by atoms with E-state index in [1.807, 2.05) is 6.07 Å². The molecule has 0 saturated carbocycles. The van der Waals surface area contributed by atoms with Gasteiger partial charge in [-0.1, -0.05) is 35.9 Å². The van der Waals surface area contributed by atoms with E-state index in [1.54, 1.807) is 31.2 Å². The number of aromatic nitrogens is 1. The van der Waals surface area contributed by atoms with Gasteiger partial charge in [-0.2, -0.15) is 0 Å². The van der Waals surface area contributed by atoms with Gasteiger partial charge in [0.25, 0.3) is 0 Å². The van der Waals surface area contributed by atoms with E-state index in [2.05, 4.69) is 4.98 Å². The van der Waals surface area contributed by atoms with Crippen molar-refractivity contribution in [1.29, 1.82) is 0 Å². The van der Waals surface area contributed by atoms with Crippen LogP contribution < -0.4 is 0 Å². The molecule has 0 aliphatic heterocycles. The summed E-state index contributed by atoms with van der Waals surface area (Å²) in [6.07, 6.45) is 0. The Morgan fingerprint density at radius 3 is 2.44 bits per heavy atom. The lowest BCUT2D eigenvalue weighted by molar-refractivity contribution is 0.0814. The predicted octanol–water partition coefficient (Wildman–Crippen LogP) is 3.09. The molecule has 0 unspecified atom stereocenters. The van der Waals surface area contributed by atoms with Crippen molar-refractivity contribution in [3.8, 4) is 11.3 Å². The number of halogens is 1. The zero-order valence-corrected chi connectivity index (χ0v) is 10.3. The zero-order chi connectivity index (χ0) is 12.9. The molecule has 1 aliphatic rings. The largest absolute Gasteiger partial charge is 0.285 e. The number of hydrogen-bond acceptors (Lipinski definition) is 3. The van der Waals surface area contributed by atoms with Crippen LogP contribution in [0.25, 0.3) is 11.3 Å². The molecule has 3 rings (SSSR count). The lowest BCUT2D eigenvalue weighted by atomic mass is 9.85. The third-order valence-electron chi connectivity index (χ3n) is 3.05. The average Bonchev–Trinajstić information content (AvgIpc) is 2.35. The number of rotatable bonds is 0. The minimum atomic E-state index is -0.509.